The molecule has 0 spiro atoms. The van der Waals surface area contributed by atoms with Crippen LogP contribution >= 0.6 is 0 Å². The fourth-order valence-corrected chi connectivity index (χ4v) is 6.65. The highest BCUT2D eigenvalue weighted by Gasteiger charge is 2.46. The lowest BCUT2D eigenvalue weighted by Gasteiger charge is -2.34. The van der Waals surface area contributed by atoms with Crippen LogP contribution in [0.25, 0.3) is 0 Å². The Morgan fingerprint density at radius 3 is 2.09 bits per heavy atom. The molecule has 0 unspecified atom stereocenters. The molecular formula is C35H43N7O4. The van der Waals surface area contributed by atoms with Crippen molar-refractivity contribution >= 4 is 17.7 Å². The van der Waals surface area contributed by atoms with Crippen LogP contribution in [0, 0.1) is 11.3 Å². The number of nitrogens with one attached hydrogen (secondary N) is 1. The van der Waals surface area contributed by atoms with E-state index in [0.717, 1.165) is 28.7 Å². The maximum absolute atomic E-state index is 13.1. The summed E-state index contributed by atoms with van der Waals surface area (Å²) >= 11 is 0. The first-order valence-corrected chi connectivity index (χ1v) is 15.9. The maximum atomic E-state index is 13.1. The first-order valence-electron chi connectivity index (χ1n) is 15.9. The van der Waals surface area contributed by atoms with E-state index in [4.69, 9.17) is 4.42 Å². The molecule has 1 N–H and O–H groups in total. The van der Waals surface area contributed by atoms with E-state index in [2.05, 4.69) is 21.6 Å². The number of nitrogens with zero attached hydrogens (tertiary/aromatic N) is 6. The van der Waals surface area contributed by atoms with Crippen LogP contribution in [0.3, 0.4) is 0 Å². The Bertz CT molecular complexity index is 1600. The highest BCUT2D eigenvalue weighted by atomic mass is 16.4. The number of hydrogen-bond donors (Lipinski definition) is 1. The minimum atomic E-state index is -0.931. The van der Waals surface area contributed by atoms with Crippen LogP contribution in [0.5, 0.6) is 0 Å². The van der Waals surface area contributed by atoms with Crippen molar-refractivity contribution in [2.24, 2.45) is 0 Å². The second-order valence-corrected chi connectivity index (χ2v) is 12.9. The van der Waals surface area contributed by atoms with Gasteiger partial charge in [0.15, 0.2) is 0 Å². The van der Waals surface area contributed by atoms with Gasteiger partial charge < -0.3 is 24.4 Å². The van der Waals surface area contributed by atoms with Gasteiger partial charge in [0.1, 0.15) is 11.5 Å². The summed E-state index contributed by atoms with van der Waals surface area (Å²) in [6, 6.07) is 13.4. The summed E-state index contributed by atoms with van der Waals surface area (Å²) in [5.74, 6) is 0.667. The van der Waals surface area contributed by atoms with E-state index in [1.54, 1.807) is 42.9 Å². The Morgan fingerprint density at radius 2 is 1.59 bits per heavy atom. The Labute approximate surface area is 270 Å². The Morgan fingerprint density at radius 1 is 1.00 bits per heavy atom. The van der Waals surface area contributed by atoms with Crippen molar-refractivity contribution in [3.05, 3.63) is 81.6 Å². The van der Waals surface area contributed by atoms with E-state index < -0.39 is 5.41 Å². The van der Waals surface area contributed by atoms with E-state index in [-0.39, 0.29) is 36.2 Å². The number of likely N-dealkylation sites (tertiary alicyclic amines) is 1. The molecular weight excluding hydrogens is 582 g/mol. The van der Waals surface area contributed by atoms with Gasteiger partial charge in [-0.1, -0.05) is 26.0 Å². The summed E-state index contributed by atoms with van der Waals surface area (Å²) in [6.07, 6.45) is 3.26. The largest absolute Gasteiger partial charge is 0.424 e. The van der Waals surface area contributed by atoms with Crippen molar-refractivity contribution in [2.45, 2.75) is 63.3 Å². The number of nitriles is 1. The molecule has 1 aliphatic heterocycles. The van der Waals surface area contributed by atoms with Crippen molar-refractivity contribution in [3.8, 4) is 6.07 Å². The summed E-state index contributed by atoms with van der Waals surface area (Å²) in [7, 11) is 6.93. The van der Waals surface area contributed by atoms with E-state index in [1.807, 2.05) is 50.2 Å². The average molecular weight is 626 g/mol. The lowest BCUT2D eigenvalue weighted by atomic mass is 9.69. The summed E-state index contributed by atoms with van der Waals surface area (Å²) in [4.78, 5) is 43.9. The normalized spacial score (nSPS) is 16.7. The minimum Gasteiger partial charge on any atom is -0.424 e. The molecule has 1 aliphatic carbocycles. The van der Waals surface area contributed by atoms with Gasteiger partial charge in [-0.15, -0.1) is 10.2 Å². The number of carbonyl (C=O) groups excluding carboxylic acids is 3. The number of hydrogen-bond acceptors (Lipinski definition) is 8. The third kappa shape index (κ3) is 6.14. The van der Waals surface area contributed by atoms with Gasteiger partial charge in [-0.05, 0) is 85.2 Å². The lowest BCUT2D eigenvalue weighted by molar-refractivity contribution is -0.130. The molecule has 2 aliphatic rings. The number of aromatic nitrogens is 2. The molecule has 11 heteroatoms. The molecule has 11 nitrogen and oxygen atoms in total. The zero-order valence-corrected chi connectivity index (χ0v) is 27.6. The van der Waals surface area contributed by atoms with Crippen LogP contribution < -0.4 is 5.32 Å². The van der Waals surface area contributed by atoms with Crippen LogP contribution in [0.15, 0.2) is 40.8 Å². The van der Waals surface area contributed by atoms with E-state index in [0.29, 0.717) is 61.7 Å². The zero-order chi connectivity index (χ0) is 33.2. The Kier molecular flexibility index (Phi) is 9.58. The fraction of sp³-hybridized carbons (Fsp3) is 0.486. The van der Waals surface area contributed by atoms with Gasteiger partial charge in [-0.25, -0.2) is 0 Å². The third-order valence-electron chi connectivity index (χ3n) is 9.07. The van der Waals surface area contributed by atoms with Crippen molar-refractivity contribution in [2.75, 3.05) is 47.8 Å². The number of carbonyl (C=O) groups is 3. The van der Waals surface area contributed by atoms with Gasteiger partial charge in [-0.2, -0.15) is 5.26 Å². The van der Waals surface area contributed by atoms with Crippen LogP contribution in [0.2, 0.25) is 0 Å². The SMILES string of the molecule is CC(C)c1nnc(C2(CCNCC(=O)N3CCC[C@H]3C#N)c3ccc(C(=O)N(C)C)cc3CCc3cc(C(=O)N(C)C)ccc32)o1. The first kappa shape index (κ1) is 32.8. The zero-order valence-electron chi connectivity index (χ0n) is 27.6. The monoisotopic (exact) mass is 625 g/mol. The molecule has 2 aromatic carbocycles. The van der Waals surface area contributed by atoms with Gasteiger partial charge in [0.25, 0.3) is 11.8 Å². The van der Waals surface area contributed by atoms with E-state index in [9.17, 15) is 19.6 Å². The van der Waals surface area contributed by atoms with Crippen LogP contribution in [0.1, 0.15) is 93.8 Å². The smallest absolute Gasteiger partial charge is 0.253 e. The highest BCUT2D eigenvalue weighted by Crippen LogP contribution is 2.47. The number of fused-ring (bicyclic) bond motifs is 2. The molecule has 1 fully saturated rings. The fourth-order valence-electron chi connectivity index (χ4n) is 6.65. The number of amides is 3. The molecule has 1 aromatic heterocycles. The molecule has 242 valence electrons. The van der Waals surface area contributed by atoms with Gasteiger partial charge in [0, 0.05) is 51.8 Å². The maximum Gasteiger partial charge on any atom is 0.253 e. The van der Waals surface area contributed by atoms with Crippen molar-refractivity contribution in [1.29, 1.82) is 5.26 Å². The van der Waals surface area contributed by atoms with Crippen molar-refractivity contribution in [3.63, 3.8) is 0 Å². The quantitative estimate of drug-likeness (QED) is 0.357. The average Bonchev–Trinajstić information content (AvgIpc) is 3.72. The molecule has 1 atom stereocenters. The predicted octanol–water partition coefficient (Wildman–Crippen LogP) is 3.52. The van der Waals surface area contributed by atoms with Crippen molar-refractivity contribution in [1.82, 2.24) is 30.2 Å². The molecule has 3 amide bonds. The second-order valence-electron chi connectivity index (χ2n) is 12.9. The third-order valence-corrected chi connectivity index (χ3v) is 9.07. The number of benzene rings is 2. The molecule has 5 rings (SSSR count). The topological polar surface area (TPSA) is 136 Å². The predicted molar refractivity (Wildman–Crippen MR) is 172 cm³/mol. The molecule has 3 aromatic rings. The first-order chi connectivity index (χ1) is 22.0. The second kappa shape index (κ2) is 13.4. The summed E-state index contributed by atoms with van der Waals surface area (Å²) in [6.45, 7) is 5.10. The summed E-state index contributed by atoms with van der Waals surface area (Å²) < 4.78 is 6.47. The minimum absolute atomic E-state index is 0.00693. The molecule has 0 bridgehead atoms. The van der Waals surface area contributed by atoms with Crippen LogP contribution in [-0.2, 0) is 23.1 Å². The lowest BCUT2D eigenvalue weighted by Crippen LogP contribution is -2.42. The molecule has 46 heavy (non-hydrogen) atoms. The van der Waals surface area contributed by atoms with Crippen LogP contribution in [-0.4, -0.2) is 96.5 Å². The number of aryl methyl sites for hydroxylation is 2. The van der Waals surface area contributed by atoms with Crippen molar-refractivity contribution < 1.29 is 18.8 Å². The van der Waals surface area contributed by atoms with Gasteiger partial charge in [0.05, 0.1) is 12.6 Å². The van der Waals surface area contributed by atoms with E-state index >= 15 is 0 Å². The molecule has 1 saturated heterocycles. The molecule has 0 saturated carbocycles. The molecule has 0 radical (unpaired) electrons. The highest BCUT2D eigenvalue weighted by molar-refractivity contribution is 5.95. The molecule has 2 heterocycles. The standard InChI is InChI=1S/C35H43N7O4/c1-22(2)31-38-39-34(46-31)35(15-16-37-21-30(43)42-17-7-8-27(42)20-36)28-13-11-25(32(44)40(3)4)18-23(28)9-10-24-19-26(12-14-29(24)35)33(45)41(5)6/h11-14,18-19,22,27,37H,7-10,15-17,21H2,1-6H3/t27-/m0/s1. The Hall–Kier alpha value is -4.56. The summed E-state index contributed by atoms with van der Waals surface area (Å²) in [5.41, 5.74) is 4.11. The van der Waals surface area contributed by atoms with Gasteiger partial charge in [-0.3, -0.25) is 14.4 Å². The summed E-state index contributed by atoms with van der Waals surface area (Å²) in [5, 5.41) is 21.9. The van der Waals surface area contributed by atoms with Gasteiger partial charge in [0.2, 0.25) is 17.7 Å². The number of rotatable bonds is 9. The Balaban J connectivity index is 1.62. The van der Waals surface area contributed by atoms with Crippen LogP contribution in [0.4, 0.5) is 0 Å². The van der Waals surface area contributed by atoms with Gasteiger partial charge >= 0.3 is 0 Å². The van der Waals surface area contributed by atoms with E-state index in [1.165, 1.54) is 0 Å².